The summed E-state index contributed by atoms with van der Waals surface area (Å²) in [4.78, 5) is 14.8. The smallest absolute Gasteiger partial charge is 0.227 e. The summed E-state index contributed by atoms with van der Waals surface area (Å²) in [6.07, 6.45) is 3.78. The Balaban J connectivity index is 1.71. The van der Waals surface area contributed by atoms with Gasteiger partial charge in [0.1, 0.15) is 0 Å². The van der Waals surface area contributed by atoms with Crippen molar-refractivity contribution >= 4 is 5.91 Å². The van der Waals surface area contributed by atoms with E-state index in [1.807, 2.05) is 17.0 Å². The van der Waals surface area contributed by atoms with Gasteiger partial charge in [-0.15, -0.1) is 0 Å². The Morgan fingerprint density at radius 1 is 1.43 bits per heavy atom. The molecule has 2 atom stereocenters. The number of ether oxygens (including phenoxy) is 2. The Bertz CT molecular complexity index is 555. The minimum absolute atomic E-state index is 0.0212. The summed E-state index contributed by atoms with van der Waals surface area (Å²) in [5.41, 5.74) is 2.29. The molecule has 0 aliphatic carbocycles. The van der Waals surface area contributed by atoms with Crippen molar-refractivity contribution in [3.63, 3.8) is 0 Å². The maximum atomic E-state index is 12.8. The fourth-order valence-corrected chi connectivity index (χ4v) is 4.08. The van der Waals surface area contributed by atoms with Crippen LogP contribution >= 0.6 is 0 Å². The Kier molecular flexibility index (Phi) is 5.02. The summed E-state index contributed by atoms with van der Waals surface area (Å²) < 4.78 is 11.5. The summed E-state index contributed by atoms with van der Waals surface area (Å²) in [6, 6.07) is 8.13. The quantitative estimate of drug-likeness (QED) is 0.857. The first-order valence-corrected chi connectivity index (χ1v) is 8.57. The lowest BCUT2D eigenvalue weighted by atomic mass is 9.73. The number of nitrogens with zero attached hydrogens (tertiary/aromatic N) is 1. The average molecular weight is 317 g/mol. The third-order valence-electron chi connectivity index (χ3n) is 5.38. The SMILES string of the molecule is COC[C@@]12CCCO[C@@H]1CCN(C(=O)Cc1ccccc1C)C2. The lowest BCUT2D eigenvalue weighted by molar-refractivity contribution is -0.161. The van der Waals surface area contributed by atoms with Gasteiger partial charge in [0.05, 0.1) is 19.1 Å². The van der Waals surface area contributed by atoms with Crippen molar-refractivity contribution < 1.29 is 14.3 Å². The number of methoxy groups -OCH3 is 1. The normalized spacial score (nSPS) is 27.6. The van der Waals surface area contributed by atoms with E-state index < -0.39 is 0 Å². The van der Waals surface area contributed by atoms with Crippen molar-refractivity contribution in [1.29, 1.82) is 0 Å². The van der Waals surface area contributed by atoms with Crippen LogP contribution in [0, 0.1) is 12.3 Å². The minimum Gasteiger partial charge on any atom is -0.384 e. The first-order valence-electron chi connectivity index (χ1n) is 8.57. The molecule has 2 fully saturated rings. The standard InChI is InChI=1S/C19H27NO3/c1-15-6-3-4-7-16(15)12-18(21)20-10-8-17-19(13-20,14-22-2)9-5-11-23-17/h3-4,6-7,17H,5,8-14H2,1-2H3/t17-,19+/m1/s1. The van der Waals surface area contributed by atoms with Gasteiger partial charge in [0.25, 0.3) is 0 Å². The molecule has 4 nitrogen and oxygen atoms in total. The van der Waals surface area contributed by atoms with Crippen molar-refractivity contribution in [2.45, 2.75) is 38.7 Å². The van der Waals surface area contributed by atoms with Crippen molar-refractivity contribution in [2.75, 3.05) is 33.4 Å². The van der Waals surface area contributed by atoms with Crippen LogP contribution in [0.2, 0.25) is 0 Å². The first kappa shape index (κ1) is 16.5. The van der Waals surface area contributed by atoms with Gasteiger partial charge in [0.15, 0.2) is 0 Å². The molecule has 0 radical (unpaired) electrons. The van der Waals surface area contributed by atoms with Crippen LogP contribution in [0.3, 0.4) is 0 Å². The molecule has 2 saturated heterocycles. The third-order valence-corrected chi connectivity index (χ3v) is 5.38. The molecule has 126 valence electrons. The number of hydrogen-bond acceptors (Lipinski definition) is 3. The van der Waals surface area contributed by atoms with E-state index in [0.717, 1.165) is 44.5 Å². The fraction of sp³-hybridized carbons (Fsp3) is 0.632. The predicted molar refractivity (Wildman–Crippen MR) is 89.4 cm³/mol. The molecule has 0 spiro atoms. The Hall–Kier alpha value is -1.39. The molecule has 0 unspecified atom stereocenters. The summed E-state index contributed by atoms with van der Waals surface area (Å²) in [6.45, 7) is 5.13. The van der Waals surface area contributed by atoms with Gasteiger partial charge in [-0.1, -0.05) is 24.3 Å². The molecule has 2 aliphatic heterocycles. The minimum atomic E-state index is -0.0212. The zero-order valence-corrected chi connectivity index (χ0v) is 14.2. The largest absolute Gasteiger partial charge is 0.384 e. The van der Waals surface area contributed by atoms with E-state index in [-0.39, 0.29) is 17.4 Å². The van der Waals surface area contributed by atoms with Gasteiger partial charge < -0.3 is 14.4 Å². The highest BCUT2D eigenvalue weighted by Gasteiger charge is 2.46. The van der Waals surface area contributed by atoms with Gasteiger partial charge in [-0.3, -0.25) is 4.79 Å². The number of hydrogen-bond donors (Lipinski definition) is 0. The number of amides is 1. The van der Waals surface area contributed by atoms with Crippen molar-refractivity contribution in [1.82, 2.24) is 4.90 Å². The van der Waals surface area contributed by atoms with E-state index >= 15 is 0 Å². The summed E-state index contributed by atoms with van der Waals surface area (Å²) in [7, 11) is 1.74. The summed E-state index contributed by atoms with van der Waals surface area (Å²) >= 11 is 0. The molecule has 0 aromatic heterocycles. The van der Waals surface area contributed by atoms with E-state index in [9.17, 15) is 4.79 Å². The van der Waals surface area contributed by atoms with Gasteiger partial charge in [-0.25, -0.2) is 0 Å². The zero-order valence-electron chi connectivity index (χ0n) is 14.2. The van der Waals surface area contributed by atoms with Crippen LogP contribution in [0.5, 0.6) is 0 Å². The molecule has 0 N–H and O–H groups in total. The van der Waals surface area contributed by atoms with E-state index in [1.54, 1.807) is 7.11 Å². The van der Waals surface area contributed by atoms with Gasteiger partial charge in [0, 0.05) is 32.2 Å². The number of likely N-dealkylation sites (tertiary alicyclic amines) is 1. The molecular formula is C19H27NO3. The van der Waals surface area contributed by atoms with E-state index in [4.69, 9.17) is 9.47 Å². The second-order valence-electron chi connectivity index (χ2n) is 6.97. The number of benzene rings is 1. The van der Waals surface area contributed by atoms with Crippen LogP contribution < -0.4 is 0 Å². The number of fused-ring (bicyclic) bond motifs is 1. The molecular weight excluding hydrogens is 290 g/mol. The predicted octanol–water partition coefficient (Wildman–Crippen LogP) is 2.58. The monoisotopic (exact) mass is 317 g/mol. The Labute approximate surface area is 138 Å². The number of piperidine rings is 1. The number of rotatable bonds is 4. The number of aryl methyl sites for hydroxylation is 1. The molecule has 4 heteroatoms. The summed E-state index contributed by atoms with van der Waals surface area (Å²) in [5.74, 6) is 0.221. The second-order valence-corrected chi connectivity index (χ2v) is 6.97. The van der Waals surface area contributed by atoms with Gasteiger partial charge in [-0.05, 0) is 37.3 Å². The highest BCUT2D eigenvalue weighted by Crippen LogP contribution is 2.40. The lowest BCUT2D eigenvalue weighted by Crippen LogP contribution is -2.58. The first-order chi connectivity index (χ1) is 11.1. The lowest BCUT2D eigenvalue weighted by Gasteiger charge is -2.50. The third kappa shape index (κ3) is 3.43. The van der Waals surface area contributed by atoms with Crippen LogP contribution in [-0.2, 0) is 20.7 Å². The molecule has 23 heavy (non-hydrogen) atoms. The van der Waals surface area contributed by atoms with Crippen LogP contribution in [-0.4, -0.2) is 50.3 Å². The van der Waals surface area contributed by atoms with Crippen LogP contribution in [0.1, 0.15) is 30.4 Å². The maximum absolute atomic E-state index is 12.8. The number of carbonyl (C=O) groups excluding carboxylic acids is 1. The van der Waals surface area contributed by atoms with Crippen molar-refractivity contribution in [3.8, 4) is 0 Å². The highest BCUT2D eigenvalue weighted by atomic mass is 16.5. The topological polar surface area (TPSA) is 38.8 Å². The molecule has 0 bridgehead atoms. The van der Waals surface area contributed by atoms with E-state index in [2.05, 4.69) is 19.1 Å². The molecule has 1 aromatic carbocycles. The molecule has 1 amide bonds. The van der Waals surface area contributed by atoms with Crippen molar-refractivity contribution in [3.05, 3.63) is 35.4 Å². The fourth-order valence-electron chi connectivity index (χ4n) is 4.08. The van der Waals surface area contributed by atoms with Crippen molar-refractivity contribution in [2.24, 2.45) is 5.41 Å². The molecule has 0 saturated carbocycles. The Morgan fingerprint density at radius 2 is 2.26 bits per heavy atom. The summed E-state index contributed by atoms with van der Waals surface area (Å²) in [5, 5.41) is 0. The maximum Gasteiger partial charge on any atom is 0.227 e. The molecule has 3 rings (SSSR count). The van der Waals surface area contributed by atoms with Gasteiger partial charge in [-0.2, -0.15) is 0 Å². The van der Waals surface area contributed by atoms with Crippen LogP contribution in [0.25, 0.3) is 0 Å². The highest BCUT2D eigenvalue weighted by molar-refractivity contribution is 5.79. The van der Waals surface area contributed by atoms with E-state index in [1.165, 1.54) is 5.56 Å². The van der Waals surface area contributed by atoms with Gasteiger partial charge >= 0.3 is 0 Å². The average Bonchev–Trinajstić information content (AvgIpc) is 2.56. The second kappa shape index (κ2) is 7.02. The van der Waals surface area contributed by atoms with E-state index in [0.29, 0.717) is 13.0 Å². The molecule has 2 aliphatic rings. The number of carbonyl (C=O) groups is 1. The van der Waals surface area contributed by atoms with Gasteiger partial charge in [0.2, 0.25) is 5.91 Å². The Morgan fingerprint density at radius 3 is 3.04 bits per heavy atom. The van der Waals surface area contributed by atoms with Crippen LogP contribution in [0.15, 0.2) is 24.3 Å². The zero-order chi connectivity index (χ0) is 16.3. The molecule has 1 aromatic rings. The van der Waals surface area contributed by atoms with Crippen LogP contribution in [0.4, 0.5) is 0 Å². The molecule has 2 heterocycles.